The molecule has 1 saturated heterocycles. The van der Waals surface area contributed by atoms with Crippen LogP contribution in [0.2, 0.25) is 0 Å². The third-order valence-electron chi connectivity index (χ3n) is 4.42. The Hall–Kier alpha value is -1.98. The van der Waals surface area contributed by atoms with Gasteiger partial charge < -0.3 is 10.2 Å². The normalized spacial score (nSPS) is 18.5. The van der Waals surface area contributed by atoms with Crippen LogP contribution in [0.4, 0.5) is 5.95 Å². The summed E-state index contributed by atoms with van der Waals surface area (Å²) in [5.74, 6) is 0.681. The molecule has 1 fully saturated rings. The van der Waals surface area contributed by atoms with Crippen LogP contribution in [-0.2, 0) is 13.1 Å². The maximum absolute atomic E-state index is 4.43. The van der Waals surface area contributed by atoms with Crippen molar-refractivity contribution in [3.8, 4) is 0 Å². The Balaban J connectivity index is 1.50. The molecule has 1 aromatic carbocycles. The first-order valence-corrected chi connectivity index (χ1v) is 8.18. The van der Waals surface area contributed by atoms with E-state index in [1.807, 2.05) is 30.6 Å². The fraction of sp³-hybridized carbons (Fsp3) is 0.444. The highest BCUT2D eigenvalue weighted by Gasteiger charge is 2.23. The van der Waals surface area contributed by atoms with Gasteiger partial charge in [-0.2, -0.15) is 0 Å². The number of hydrogen-bond donors (Lipinski definition) is 1. The Morgan fingerprint density at radius 3 is 2.57 bits per heavy atom. The highest BCUT2D eigenvalue weighted by atomic mass is 15.2. The van der Waals surface area contributed by atoms with Crippen LogP contribution in [0.3, 0.4) is 0 Å². The van der Waals surface area contributed by atoms with Crippen molar-refractivity contribution in [1.82, 2.24) is 19.8 Å². The number of likely N-dealkylation sites (N-methyl/N-ethyl adjacent to an activating group) is 2. The van der Waals surface area contributed by atoms with Gasteiger partial charge in [-0.15, -0.1) is 0 Å². The number of aromatic nitrogens is 2. The van der Waals surface area contributed by atoms with Crippen molar-refractivity contribution in [3.05, 3.63) is 53.9 Å². The van der Waals surface area contributed by atoms with Crippen molar-refractivity contribution in [2.75, 3.05) is 32.5 Å². The lowest BCUT2D eigenvalue weighted by atomic mass is 10.2. The third kappa shape index (κ3) is 4.50. The van der Waals surface area contributed by atoms with E-state index < -0.39 is 0 Å². The molecule has 1 N–H and O–H groups in total. The Morgan fingerprint density at radius 2 is 1.91 bits per heavy atom. The van der Waals surface area contributed by atoms with Crippen LogP contribution in [0.5, 0.6) is 0 Å². The number of nitrogens with one attached hydrogen (secondary N) is 1. The average Bonchev–Trinajstić information content (AvgIpc) is 3.02. The van der Waals surface area contributed by atoms with Crippen molar-refractivity contribution in [3.63, 3.8) is 0 Å². The van der Waals surface area contributed by atoms with Gasteiger partial charge >= 0.3 is 0 Å². The number of nitrogens with zero attached hydrogens (tertiary/aromatic N) is 4. The molecule has 5 nitrogen and oxygen atoms in total. The second-order valence-corrected chi connectivity index (χ2v) is 6.37. The third-order valence-corrected chi connectivity index (χ3v) is 4.42. The van der Waals surface area contributed by atoms with Crippen molar-refractivity contribution in [2.45, 2.75) is 25.6 Å². The highest BCUT2D eigenvalue weighted by molar-refractivity contribution is 5.27. The standard InChI is InChI=1S/C18H25N5/c1-22-9-8-17(14-22)23(2)13-16-11-20-18(21-12-16)19-10-15-6-4-3-5-7-15/h3-7,11-12,17H,8-10,13-14H2,1-2H3,(H,19,20,21)/t17-/m0/s1. The van der Waals surface area contributed by atoms with Crippen LogP contribution < -0.4 is 5.32 Å². The first-order valence-electron chi connectivity index (χ1n) is 8.18. The van der Waals surface area contributed by atoms with Gasteiger partial charge in [0.05, 0.1) is 0 Å². The SMILES string of the molecule is CN1CC[C@H](N(C)Cc2cnc(NCc3ccccc3)nc2)C1. The Bertz CT molecular complexity index is 599. The first kappa shape index (κ1) is 15.9. The van der Waals surface area contributed by atoms with E-state index in [-0.39, 0.29) is 0 Å². The minimum atomic E-state index is 0.635. The van der Waals surface area contributed by atoms with E-state index in [1.54, 1.807) is 0 Å². The highest BCUT2D eigenvalue weighted by Crippen LogP contribution is 2.15. The second kappa shape index (κ2) is 7.53. The quantitative estimate of drug-likeness (QED) is 0.886. The summed E-state index contributed by atoms with van der Waals surface area (Å²) in [6.45, 7) is 3.98. The number of rotatable bonds is 6. The van der Waals surface area contributed by atoms with Gasteiger partial charge in [-0.25, -0.2) is 9.97 Å². The van der Waals surface area contributed by atoms with Crippen molar-refractivity contribution in [2.24, 2.45) is 0 Å². The molecule has 0 unspecified atom stereocenters. The zero-order valence-electron chi connectivity index (χ0n) is 13.9. The molecule has 0 spiro atoms. The van der Waals surface area contributed by atoms with Gasteiger partial charge in [0.1, 0.15) is 0 Å². The summed E-state index contributed by atoms with van der Waals surface area (Å²) in [6, 6.07) is 10.9. The molecule has 3 rings (SSSR count). The topological polar surface area (TPSA) is 44.3 Å². The lowest BCUT2D eigenvalue weighted by molar-refractivity contribution is 0.233. The molecule has 1 aliphatic heterocycles. The number of anilines is 1. The lowest BCUT2D eigenvalue weighted by Gasteiger charge is -2.23. The van der Waals surface area contributed by atoms with Crippen LogP contribution >= 0.6 is 0 Å². The summed E-state index contributed by atoms with van der Waals surface area (Å²) in [5.41, 5.74) is 2.39. The minimum Gasteiger partial charge on any atom is -0.350 e. The Labute approximate surface area is 138 Å². The van der Waals surface area contributed by atoms with Gasteiger partial charge in [0.2, 0.25) is 5.95 Å². The molecule has 0 radical (unpaired) electrons. The van der Waals surface area contributed by atoms with Crippen molar-refractivity contribution >= 4 is 5.95 Å². The monoisotopic (exact) mass is 311 g/mol. The van der Waals surface area contributed by atoms with Gasteiger partial charge in [0.25, 0.3) is 0 Å². The molecular formula is C18H25N5. The molecule has 2 aromatic rings. The van der Waals surface area contributed by atoms with Gasteiger partial charge in [0.15, 0.2) is 0 Å². The molecular weight excluding hydrogens is 286 g/mol. The molecule has 23 heavy (non-hydrogen) atoms. The molecule has 0 saturated carbocycles. The molecule has 0 bridgehead atoms. The van der Waals surface area contributed by atoms with Crippen LogP contribution in [0.1, 0.15) is 17.5 Å². The molecule has 0 aliphatic carbocycles. The first-order chi connectivity index (χ1) is 11.2. The van der Waals surface area contributed by atoms with Gasteiger partial charge in [0, 0.05) is 43.6 Å². The zero-order valence-corrected chi connectivity index (χ0v) is 13.9. The van der Waals surface area contributed by atoms with E-state index >= 15 is 0 Å². The number of hydrogen-bond acceptors (Lipinski definition) is 5. The van der Waals surface area contributed by atoms with Crippen LogP contribution in [-0.4, -0.2) is 53.0 Å². The fourth-order valence-corrected chi connectivity index (χ4v) is 2.99. The maximum atomic E-state index is 4.43. The van der Waals surface area contributed by atoms with E-state index in [1.165, 1.54) is 18.5 Å². The molecule has 1 aliphatic rings. The predicted molar refractivity (Wildman–Crippen MR) is 93.2 cm³/mol. The van der Waals surface area contributed by atoms with Crippen molar-refractivity contribution in [1.29, 1.82) is 0 Å². The van der Waals surface area contributed by atoms with E-state index in [9.17, 15) is 0 Å². The lowest BCUT2D eigenvalue weighted by Crippen LogP contribution is -2.33. The second-order valence-electron chi connectivity index (χ2n) is 6.37. The van der Waals surface area contributed by atoms with Crippen LogP contribution in [0.25, 0.3) is 0 Å². The zero-order chi connectivity index (χ0) is 16.1. The van der Waals surface area contributed by atoms with Crippen LogP contribution in [0.15, 0.2) is 42.7 Å². The fourth-order valence-electron chi connectivity index (χ4n) is 2.99. The van der Waals surface area contributed by atoms with Crippen molar-refractivity contribution < 1.29 is 0 Å². The number of benzene rings is 1. The predicted octanol–water partition coefficient (Wildman–Crippen LogP) is 2.22. The molecule has 1 atom stereocenters. The molecule has 122 valence electrons. The summed E-state index contributed by atoms with van der Waals surface area (Å²) in [4.78, 5) is 13.6. The van der Waals surface area contributed by atoms with Crippen LogP contribution in [0, 0.1) is 0 Å². The summed E-state index contributed by atoms with van der Waals surface area (Å²) in [7, 11) is 4.37. The summed E-state index contributed by atoms with van der Waals surface area (Å²) in [6.07, 6.45) is 5.09. The van der Waals surface area contributed by atoms with E-state index in [0.29, 0.717) is 12.0 Å². The van der Waals surface area contributed by atoms with E-state index in [4.69, 9.17) is 0 Å². The van der Waals surface area contributed by atoms with E-state index in [2.05, 4.69) is 51.3 Å². The van der Waals surface area contributed by atoms with Gasteiger partial charge in [-0.1, -0.05) is 30.3 Å². The summed E-state index contributed by atoms with van der Waals surface area (Å²) in [5, 5.41) is 3.26. The molecule has 2 heterocycles. The van der Waals surface area contributed by atoms with Gasteiger partial charge in [-0.05, 0) is 32.6 Å². The molecule has 0 amide bonds. The van der Waals surface area contributed by atoms with E-state index in [0.717, 1.165) is 25.2 Å². The molecule has 1 aromatic heterocycles. The molecule has 5 heteroatoms. The smallest absolute Gasteiger partial charge is 0.222 e. The largest absolute Gasteiger partial charge is 0.350 e. The number of likely N-dealkylation sites (tertiary alicyclic amines) is 1. The summed E-state index contributed by atoms with van der Waals surface area (Å²) >= 11 is 0. The maximum Gasteiger partial charge on any atom is 0.222 e. The Kier molecular flexibility index (Phi) is 5.20. The Morgan fingerprint density at radius 1 is 1.17 bits per heavy atom. The minimum absolute atomic E-state index is 0.635. The average molecular weight is 311 g/mol. The van der Waals surface area contributed by atoms with Gasteiger partial charge in [-0.3, -0.25) is 4.90 Å². The summed E-state index contributed by atoms with van der Waals surface area (Å²) < 4.78 is 0.